The molecule has 2 N–H and O–H groups in total. The third kappa shape index (κ3) is 16.9. The van der Waals surface area contributed by atoms with Crippen molar-refractivity contribution >= 4 is 35.8 Å². The van der Waals surface area contributed by atoms with Crippen molar-refractivity contribution in [3.63, 3.8) is 0 Å². The van der Waals surface area contributed by atoms with Gasteiger partial charge in [-0.1, -0.05) is 97.4 Å². The molecule has 3 aromatic heterocycles. The summed E-state index contributed by atoms with van der Waals surface area (Å²) in [5.74, 6) is -4.17. The monoisotopic (exact) mass is 1050 g/mol. The number of hydrogen-bond acceptors (Lipinski definition) is 19. The molecular formula is C58H63N7O12. The minimum absolute atomic E-state index is 0.00736. The summed E-state index contributed by atoms with van der Waals surface area (Å²) < 4.78 is 32.2. The Labute approximate surface area is 447 Å². The Morgan fingerprint density at radius 3 is 1.22 bits per heavy atom. The van der Waals surface area contributed by atoms with Gasteiger partial charge in [-0.3, -0.25) is 14.7 Å². The van der Waals surface area contributed by atoms with Gasteiger partial charge in [0.05, 0.1) is 55.1 Å². The van der Waals surface area contributed by atoms with Crippen molar-refractivity contribution < 1.29 is 57.2 Å². The third-order valence-electron chi connectivity index (χ3n) is 12.7. The van der Waals surface area contributed by atoms with Gasteiger partial charge in [-0.2, -0.15) is 0 Å². The number of methoxy groups -OCH3 is 3. The largest absolute Gasteiger partial charge is 0.464 e. The van der Waals surface area contributed by atoms with Gasteiger partial charge in [0.2, 0.25) is 0 Å². The maximum absolute atomic E-state index is 13.7. The number of aromatic nitrogens is 3. The summed E-state index contributed by atoms with van der Waals surface area (Å²) in [5, 5.41) is 0. The smallest absolute Gasteiger partial charge is 0.356 e. The number of nitrogens with two attached hydrogens (primary N) is 1. The molecule has 1 aliphatic heterocycles. The van der Waals surface area contributed by atoms with Crippen molar-refractivity contribution in [2.45, 2.75) is 64.8 Å². The fourth-order valence-corrected chi connectivity index (χ4v) is 8.73. The predicted molar refractivity (Wildman–Crippen MR) is 281 cm³/mol. The van der Waals surface area contributed by atoms with Gasteiger partial charge in [0, 0.05) is 58.4 Å². The van der Waals surface area contributed by atoms with Crippen molar-refractivity contribution in [1.82, 2.24) is 29.7 Å². The van der Waals surface area contributed by atoms with E-state index in [-0.39, 0.29) is 79.3 Å². The van der Waals surface area contributed by atoms with E-state index in [2.05, 4.69) is 24.7 Å². The fraction of sp³-hybridized carbons (Fsp3) is 0.328. The van der Waals surface area contributed by atoms with Gasteiger partial charge in [0.25, 0.3) is 0 Å². The van der Waals surface area contributed by atoms with Crippen LogP contribution in [0.15, 0.2) is 127 Å². The molecule has 0 aliphatic carbocycles. The topological polar surface area (TPSA) is 232 Å². The molecule has 6 aromatic rings. The highest BCUT2D eigenvalue weighted by Gasteiger charge is 2.29. The Morgan fingerprint density at radius 2 is 0.831 bits per heavy atom. The number of carbonyl (C=O) groups excluding carboxylic acids is 6. The van der Waals surface area contributed by atoms with Crippen LogP contribution in [0.1, 0.15) is 116 Å². The second-order valence-corrected chi connectivity index (χ2v) is 18.3. The van der Waals surface area contributed by atoms with Crippen LogP contribution < -0.4 is 5.73 Å². The van der Waals surface area contributed by atoms with Crippen LogP contribution in [0.25, 0.3) is 0 Å². The highest BCUT2D eigenvalue weighted by molar-refractivity contribution is 5.96. The van der Waals surface area contributed by atoms with Crippen LogP contribution in [0.3, 0.4) is 0 Å². The first kappa shape index (κ1) is 56.5. The summed E-state index contributed by atoms with van der Waals surface area (Å²) in [5.41, 5.74) is 9.71. The van der Waals surface area contributed by atoms with E-state index in [0.717, 1.165) is 29.5 Å². The van der Waals surface area contributed by atoms with Gasteiger partial charge in [-0.25, -0.2) is 43.7 Å². The molecule has 19 heteroatoms. The maximum atomic E-state index is 13.7. The molecule has 0 saturated carbocycles. The molecule has 1 aliphatic rings. The van der Waals surface area contributed by atoms with Crippen LogP contribution in [0.5, 0.6) is 0 Å². The fourth-order valence-electron chi connectivity index (χ4n) is 8.73. The normalized spacial score (nSPS) is 14.3. The van der Waals surface area contributed by atoms with E-state index in [9.17, 15) is 28.8 Å². The summed E-state index contributed by atoms with van der Waals surface area (Å²) in [7, 11) is 3.71. The quantitative estimate of drug-likeness (QED) is 0.0427. The lowest BCUT2D eigenvalue weighted by Crippen LogP contribution is -2.44. The van der Waals surface area contributed by atoms with E-state index >= 15 is 0 Å². The Morgan fingerprint density at radius 1 is 0.468 bits per heavy atom. The standard InChI is InChI=1S/C58H63N7O12/c1-72-56(69)50-30-43(53(66)75-37-40-15-7-4-8-16-40)27-46(60-50)33-63-23-24-64(34-47-28-44(31-51(61-47)57(70)73-2)54(67)76-38-41-17-9-5-10-18-41)36-49(21-13-14-22-59)65(26-25-63)35-48-29-45(32-52(62-48)58(71)74-3)55(68)77-39-42-19-11-6-12-20-42/h4-12,15-20,27-32,49H,13-14,21-26,33-39,59H2,1-3H3/t49-/m0/s1. The number of benzene rings is 3. The van der Waals surface area contributed by atoms with Crippen molar-refractivity contribution in [2.24, 2.45) is 5.73 Å². The molecule has 77 heavy (non-hydrogen) atoms. The van der Waals surface area contributed by atoms with Crippen molar-refractivity contribution in [3.05, 3.63) is 195 Å². The van der Waals surface area contributed by atoms with Gasteiger partial charge in [0.15, 0.2) is 0 Å². The molecule has 1 saturated heterocycles. The number of carbonyl (C=O) groups is 6. The molecular weight excluding hydrogens is 987 g/mol. The SMILES string of the molecule is COC(=O)c1cc(C(=O)OCc2ccccc2)cc(CN2CCN(Cc3cc(C(=O)OCc4ccccc4)cc(C(=O)OC)n3)C[C@H](CCCCN)N(Cc3cc(C(=O)OCc4ccccc4)cc(C(=O)OC)n3)CC2)n1. The number of pyridine rings is 3. The number of esters is 6. The zero-order valence-corrected chi connectivity index (χ0v) is 43.5. The number of hydrogen-bond donors (Lipinski definition) is 1. The highest BCUT2D eigenvalue weighted by Crippen LogP contribution is 2.22. The average molecular weight is 1050 g/mol. The zero-order valence-electron chi connectivity index (χ0n) is 43.5. The van der Waals surface area contributed by atoms with E-state index in [1.165, 1.54) is 39.5 Å². The Hall–Kier alpha value is -8.23. The average Bonchev–Trinajstić information content (AvgIpc) is 3.53. The Kier molecular flexibility index (Phi) is 21.0. The van der Waals surface area contributed by atoms with Crippen molar-refractivity contribution in [2.75, 3.05) is 60.6 Å². The van der Waals surface area contributed by atoms with Crippen molar-refractivity contribution in [1.29, 1.82) is 0 Å². The highest BCUT2D eigenvalue weighted by atomic mass is 16.5. The molecule has 0 spiro atoms. The molecule has 0 bridgehead atoms. The van der Waals surface area contributed by atoms with Crippen molar-refractivity contribution in [3.8, 4) is 0 Å². The minimum Gasteiger partial charge on any atom is -0.464 e. The first-order chi connectivity index (χ1) is 37.4. The number of rotatable bonds is 22. The zero-order chi connectivity index (χ0) is 54.5. The number of nitrogens with zero attached hydrogens (tertiary/aromatic N) is 6. The van der Waals surface area contributed by atoms with Crippen LogP contribution in [0, 0.1) is 0 Å². The first-order valence-corrected chi connectivity index (χ1v) is 25.2. The van der Waals surface area contributed by atoms with Gasteiger partial charge < -0.3 is 34.2 Å². The predicted octanol–water partition coefficient (Wildman–Crippen LogP) is 6.62. The van der Waals surface area contributed by atoms with Gasteiger partial charge in [0.1, 0.15) is 36.9 Å². The Bertz CT molecular complexity index is 2970. The molecule has 3 aromatic carbocycles. The molecule has 4 heterocycles. The molecule has 0 radical (unpaired) electrons. The summed E-state index contributed by atoms with van der Waals surface area (Å²) in [6.45, 7) is 3.14. The number of ether oxygens (including phenoxy) is 6. The maximum Gasteiger partial charge on any atom is 0.356 e. The first-order valence-electron chi connectivity index (χ1n) is 25.2. The van der Waals surface area contributed by atoms with E-state index in [4.69, 9.17) is 39.1 Å². The van der Waals surface area contributed by atoms with Gasteiger partial charge in [-0.05, 0) is 72.5 Å². The lowest BCUT2D eigenvalue weighted by molar-refractivity contribution is 0.0462. The second-order valence-electron chi connectivity index (χ2n) is 18.3. The number of unbranched alkanes of at least 4 members (excludes halogenated alkanes) is 1. The van der Waals surface area contributed by atoms with E-state index in [1.807, 2.05) is 91.0 Å². The van der Waals surface area contributed by atoms with Crippen LogP contribution >= 0.6 is 0 Å². The van der Waals surface area contributed by atoms with Gasteiger partial charge >= 0.3 is 35.8 Å². The van der Waals surface area contributed by atoms with E-state index in [1.54, 1.807) is 18.2 Å². The summed E-state index contributed by atoms with van der Waals surface area (Å²) >= 11 is 0. The molecule has 1 fully saturated rings. The Balaban J connectivity index is 1.24. The molecule has 1 atom stereocenters. The lowest BCUT2D eigenvalue weighted by Gasteiger charge is -2.34. The molecule has 7 rings (SSSR count). The summed E-state index contributed by atoms with van der Waals surface area (Å²) in [4.78, 5) is 101. The van der Waals surface area contributed by atoms with Crippen LogP contribution in [-0.4, -0.2) is 132 Å². The molecule has 402 valence electrons. The third-order valence-corrected chi connectivity index (χ3v) is 12.7. The lowest BCUT2D eigenvalue weighted by atomic mass is 10.1. The van der Waals surface area contributed by atoms with Crippen LogP contribution in [0.2, 0.25) is 0 Å². The van der Waals surface area contributed by atoms with E-state index in [0.29, 0.717) is 62.8 Å². The summed E-state index contributed by atoms with van der Waals surface area (Å²) in [6, 6.07) is 36.3. The summed E-state index contributed by atoms with van der Waals surface area (Å²) in [6.07, 6.45) is 2.16. The second kappa shape index (κ2) is 28.6. The van der Waals surface area contributed by atoms with E-state index < -0.39 is 35.8 Å². The van der Waals surface area contributed by atoms with Crippen LogP contribution in [-0.2, 0) is 67.9 Å². The molecule has 19 nitrogen and oxygen atoms in total. The minimum atomic E-state index is -0.736. The molecule has 0 unspecified atom stereocenters. The van der Waals surface area contributed by atoms with Crippen LogP contribution in [0.4, 0.5) is 0 Å². The molecule has 0 amide bonds. The van der Waals surface area contributed by atoms with Gasteiger partial charge in [-0.15, -0.1) is 0 Å².